The van der Waals surface area contributed by atoms with Gasteiger partial charge in [-0.25, -0.2) is 0 Å². The van der Waals surface area contributed by atoms with Gasteiger partial charge in [-0.3, -0.25) is 15.6 Å². The number of nitrogens with one attached hydrogen (secondary N) is 2. The normalized spacial score (nSPS) is 10.5. The summed E-state index contributed by atoms with van der Waals surface area (Å²) in [6, 6.07) is 29.1. The lowest BCUT2D eigenvalue weighted by Gasteiger charge is -2.15. The fourth-order valence-corrected chi connectivity index (χ4v) is 3.68. The van der Waals surface area contributed by atoms with Crippen LogP contribution in [-0.4, -0.2) is 5.91 Å². The molecule has 0 saturated carbocycles. The summed E-state index contributed by atoms with van der Waals surface area (Å²) >= 11 is 3.59. The van der Waals surface area contributed by atoms with Crippen LogP contribution in [0.4, 0.5) is 5.69 Å². The van der Waals surface area contributed by atoms with Gasteiger partial charge in [0.2, 0.25) is 0 Å². The standard InChI is InChI=1S/C24H19BrN2O2/c25-23-20-14-8-7-13-19(20)22(29-16-17-9-3-1-4-10-17)15-21(23)24(28)27-26-18-11-5-2-6-12-18/h1-15,26H,16H2,(H,27,28). The Balaban J connectivity index is 1.63. The van der Waals surface area contributed by atoms with Gasteiger partial charge in [-0.15, -0.1) is 0 Å². The van der Waals surface area contributed by atoms with Crippen LogP contribution in [0.1, 0.15) is 15.9 Å². The molecule has 0 radical (unpaired) electrons. The predicted octanol–water partition coefficient (Wildman–Crippen LogP) is 5.94. The average molecular weight is 447 g/mol. The number of carbonyl (C=O) groups is 1. The van der Waals surface area contributed by atoms with E-state index in [-0.39, 0.29) is 5.91 Å². The van der Waals surface area contributed by atoms with Crippen molar-refractivity contribution in [1.82, 2.24) is 5.43 Å². The Morgan fingerprint density at radius 1 is 0.828 bits per heavy atom. The topological polar surface area (TPSA) is 50.4 Å². The largest absolute Gasteiger partial charge is 0.488 e. The van der Waals surface area contributed by atoms with Crippen LogP contribution in [0.5, 0.6) is 5.75 Å². The number of hydrazine groups is 1. The lowest BCUT2D eigenvalue weighted by molar-refractivity contribution is 0.0961. The minimum Gasteiger partial charge on any atom is -0.488 e. The van der Waals surface area contributed by atoms with Crippen LogP contribution in [0.15, 0.2) is 95.5 Å². The lowest BCUT2D eigenvalue weighted by atomic mass is 10.1. The van der Waals surface area contributed by atoms with Gasteiger partial charge in [0.05, 0.1) is 11.3 Å². The van der Waals surface area contributed by atoms with E-state index in [1.54, 1.807) is 6.07 Å². The third-order valence-corrected chi connectivity index (χ3v) is 5.37. The van der Waals surface area contributed by atoms with E-state index in [9.17, 15) is 4.79 Å². The van der Waals surface area contributed by atoms with Crippen LogP contribution in [0.3, 0.4) is 0 Å². The zero-order valence-electron chi connectivity index (χ0n) is 15.6. The summed E-state index contributed by atoms with van der Waals surface area (Å²) in [5.41, 5.74) is 8.05. The summed E-state index contributed by atoms with van der Waals surface area (Å²) < 4.78 is 6.82. The number of carbonyl (C=O) groups excluding carboxylic acids is 1. The number of anilines is 1. The molecule has 1 amide bonds. The first-order valence-electron chi connectivity index (χ1n) is 9.22. The lowest BCUT2D eigenvalue weighted by Crippen LogP contribution is -2.29. The molecular formula is C24H19BrN2O2. The first kappa shape index (κ1) is 19.0. The third-order valence-electron chi connectivity index (χ3n) is 4.52. The molecule has 5 heteroatoms. The summed E-state index contributed by atoms with van der Waals surface area (Å²) in [7, 11) is 0. The number of hydrogen-bond acceptors (Lipinski definition) is 3. The van der Waals surface area contributed by atoms with Crippen molar-refractivity contribution in [2.24, 2.45) is 0 Å². The number of amides is 1. The molecule has 4 aromatic carbocycles. The number of benzene rings is 4. The van der Waals surface area contributed by atoms with Gasteiger partial charge in [0.1, 0.15) is 12.4 Å². The molecule has 0 aromatic heterocycles. The number of para-hydroxylation sites is 1. The second-order valence-electron chi connectivity index (χ2n) is 6.50. The van der Waals surface area contributed by atoms with Crippen LogP contribution in [0, 0.1) is 0 Å². The molecule has 0 spiro atoms. The van der Waals surface area contributed by atoms with Gasteiger partial charge in [-0.05, 0) is 39.7 Å². The minimum atomic E-state index is -0.254. The van der Waals surface area contributed by atoms with Gasteiger partial charge in [0, 0.05) is 15.2 Å². The van der Waals surface area contributed by atoms with Crippen molar-refractivity contribution < 1.29 is 9.53 Å². The van der Waals surface area contributed by atoms with Crippen molar-refractivity contribution in [2.45, 2.75) is 6.61 Å². The average Bonchev–Trinajstić information content (AvgIpc) is 2.78. The Hall–Kier alpha value is -3.31. The molecule has 2 N–H and O–H groups in total. The highest BCUT2D eigenvalue weighted by atomic mass is 79.9. The highest BCUT2D eigenvalue weighted by molar-refractivity contribution is 9.10. The summed E-state index contributed by atoms with van der Waals surface area (Å²) in [4.78, 5) is 12.8. The summed E-state index contributed by atoms with van der Waals surface area (Å²) in [6.07, 6.45) is 0. The van der Waals surface area contributed by atoms with Gasteiger partial charge in [-0.1, -0.05) is 72.8 Å². The Morgan fingerprint density at radius 3 is 2.17 bits per heavy atom. The molecule has 0 bridgehead atoms. The van der Waals surface area contributed by atoms with E-state index in [1.165, 1.54) is 0 Å². The molecule has 0 aliphatic heterocycles. The fourth-order valence-electron chi connectivity index (χ4n) is 3.04. The van der Waals surface area contributed by atoms with E-state index in [4.69, 9.17) is 4.74 Å². The molecule has 0 aliphatic rings. The number of hydrogen-bond donors (Lipinski definition) is 2. The highest BCUT2D eigenvalue weighted by Crippen LogP contribution is 2.35. The molecule has 144 valence electrons. The monoisotopic (exact) mass is 446 g/mol. The number of fused-ring (bicyclic) bond motifs is 1. The minimum absolute atomic E-state index is 0.254. The van der Waals surface area contributed by atoms with Crippen LogP contribution in [-0.2, 0) is 6.61 Å². The Kier molecular flexibility index (Phi) is 5.77. The van der Waals surface area contributed by atoms with Crippen molar-refractivity contribution in [2.75, 3.05) is 5.43 Å². The van der Waals surface area contributed by atoms with E-state index < -0.39 is 0 Å². The second kappa shape index (κ2) is 8.80. The van der Waals surface area contributed by atoms with Crippen LogP contribution < -0.4 is 15.6 Å². The molecule has 0 fully saturated rings. The van der Waals surface area contributed by atoms with Gasteiger partial charge in [0.25, 0.3) is 5.91 Å². The Bertz CT molecular complexity index is 1130. The Labute approximate surface area is 177 Å². The molecule has 0 unspecified atom stereocenters. The second-order valence-corrected chi connectivity index (χ2v) is 7.29. The van der Waals surface area contributed by atoms with Crippen LogP contribution >= 0.6 is 15.9 Å². The van der Waals surface area contributed by atoms with Gasteiger partial charge in [0.15, 0.2) is 0 Å². The van der Waals surface area contributed by atoms with Crippen LogP contribution in [0.2, 0.25) is 0 Å². The maximum absolute atomic E-state index is 12.8. The molecule has 4 rings (SSSR count). The zero-order chi connectivity index (χ0) is 20.1. The number of halogens is 1. The maximum Gasteiger partial charge on any atom is 0.270 e. The highest BCUT2D eigenvalue weighted by Gasteiger charge is 2.17. The predicted molar refractivity (Wildman–Crippen MR) is 120 cm³/mol. The van der Waals surface area contributed by atoms with E-state index in [2.05, 4.69) is 26.8 Å². The van der Waals surface area contributed by atoms with E-state index in [1.807, 2.05) is 84.9 Å². The van der Waals surface area contributed by atoms with Crippen molar-refractivity contribution in [3.8, 4) is 5.75 Å². The Morgan fingerprint density at radius 2 is 1.45 bits per heavy atom. The molecule has 29 heavy (non-hydrogen) atoms. The van der Waals surface area contributed by atoms with Gasteiger partial charge in [-0.2, -0.15) is 0 Å². The van der Waals surface area contributed by atoms with Crippen molar-refractivity contribution in [3.05, 3.63) is 107 Å². The first-order chi connectivity index (χ1) is 14.2. The quantitative estimate of drug-likeness (QED) is 0.360. The molecule has 4 nitrogen and oxygen atoms in total. The van der Waals surface area contributed by atoms with Crippen molar-refractivity contribution in [3.63, 3.8) is 0 Å². The summed E-state index contributed by atoms with van der Waals surface area (Å²) in [5, 5.41) is 1.87. The summed E-state index contributed by atoms with van der Waals surface area (Å²) in [6.45, 7) is 0.426. The zero-order valence-corrected chi connectivity index (χ0v) is 17.1. The van der Waals surface area contributed by atoms with Gasteiger partial charge < -0.3 is 4.74 Å². The molecule has 4 aromatic rings. The van der Waals surface area contributed by atoms with E-state index in [0.717, 1.165) is 26.5 Å². The fraction of sp³-hybridized carbons (Fsp3) is 0.0417. The smallest absolute Gasteiger partial charge is 0.270 e. The van der Waals surface area contributed by atoms with Crippen molar-refractivity contribution >= 4 is 38.3 Å². The first-order valence-corrected chi connectivity index (χ1v) is 10.0. The van der Waals surface area contributed by atoms with Gasteiger partial charge >= 0.3 is 0 Å². The molecule has 0 aliphatic carbocycles. The SMILES string of the molecule is O=C(NNc1ccccc1)c1cc(OCc2ccccc2)c2ccccc2c1Br. The van der Waals surface area contributed by atoms with E-state index >= 15 is 0 Å². The molecule has 0 heterocycles. The molecular weight excluding hydrogens is 428 g/mol. The maximum atomic E-state index is 12.8. The molecule has 0 atom stereocenters. The summed E-state index contributed by atoms with van der Waals surface area (Å²) in [5.74, 6) is 0.411. The third kappa shape index (κ3) is 4.41. The van der Waals surface area contributed by atoms with Crippen LogP contribution in [0.25, 0.3) is 10.8 Å². The molecule has 0 saturated heterocycles. The van der Waals surface area contributed by atoms with Crippen molar-refractivity contribution in [1.29, 1.82) is 0 Å². The number of ether oxygens (including phenoxy) is 1. The number of rotatable bonds is 6. The van der Waals surface area contributed by atoms with E-state index in [0.29, 0.717) is 17.9 Å².